The maximum Gasteiger partial charge on any atom is 0.291 e. The molecule has 10 nitrogen and oxygen atoms in total. The van der Waals surface area contributed by atoms with Crippen LogP contribution in [0.15, 0.2) is 41.6 Å². The van der Waals surface area contributed by atoms with Crippen LogP contribution in [0.1, 0.15) is 16.4 Å². The van der Waals surface area contributed by atoms with Gasteiger partial charge in [0.15, 0.2) is 5.65 Å². The van der Waals surface area contributed by atoms with Crippen LogP contribution in [0, 0.1) is 0 Å². The maximum absolute atomic E-state index is 13.2. The molecular weight excluding hydrogens is 414 g/mol. The Hall–Kier alpha value is -3.86. The first-order valence-corrected chi connectivity index (χ1v) is 10.5. The molecule has 0 aliphatic rings. The van der Waals surface area contributed by atoms with E-state index in [-0.39, 0.29) is 12.1 Å². The summed E-state index contributed by atoms with van der Waals surface area (Å²) in [6.07, 6.45) is 5.91. The number of fused-ring (bicyclic) bond motifs is 4. The maximum atomic E-state index is 13.2. The molecule has 0 aliphatic carbocycles. The van der Waals surface area contributed by atoms with E-state index in [2.05, 4.69) is 25.4 Å². The smallest absolute Gasteiger partial charge is 0.291 e. The van der Waals surface area contributed by atoms with Crippen LogP contribution in [0.25, 0.3) is 32.3 Å². The number of nitrogens with one attached hydrogen (secondary N) is 1. The Bertz CT molecular complexity index is 1630. The summed E-state index contributed by atoms with van der Waals surface area (Å²) >= 11 is 1.57. The Morgan fingerprint density at radius 1 is 1.06 bits per heavy atom. The SMILES string of the molecule is Cn1ncc2nc(Cn3ncc4c5sc(Cc6cc[nH]n6)nc5n(C)c4c3=O)ccc21. The van der Waals surface area contributed by atoms with Crippen LogP contribution >= 0.6 is 11.3 Å². The second-order valence-electron chi connectivity index (χ2n) is 7.41. The summed E-state index contributed by atoms with van der Waals surface area (Å²) < 4.78 is 6.04. The lowest BCUT2D eigenvalue weighted by Gasteiger charge is -2.05. The molecule has 0 aromatic carbocycles. The first kappa shape index (κ1) is 18.0. The predicted octanol–water partition coefficient (Wildman–Crippen LogP) is 1.99. The summed E-state index contributed by atoms with van der Waals surface area (Å²) in [5.74, 6) is 0. The van der Waals surface area contributed by atoms with Crippen LogP contribution in [0.4, 0.5) is 0 Å². The van der Waals surface area contributed by atoms with Crippen molar-refractivity contribution in [1.82, 2.24) is 44.3 Å². The molecule has 0 aliphatic heterocycles. The zero-order chi connectivity index (χ0) is 21.1. The number of aryl methyl sites for hydroxylation is 2. The van der Waals surface area contributed by atoms with Gasteiger partial charge in [-0.3, -0.25) is 14.6 Å². The number of H-pyrrole nitrogens is 1. The van der Waals surface area contributed by atoms with E-state index in [1.165, 1.54) is 4.68 Å². The number of thiazole rings is 1. The first-order chi connectivity index (χ1) is 15.1. The number of pyridine rings is 1. The zero-order valence-corrected chi connectivity index (χ0v) is 17.6. The van der Waals surface area contributed by atoms with Crippen LogP contribution in [0.2, 0.25) is 0 Å². The molecule has 0 radical (unpaired) electrons. The van der Waals surface area contributed by atoms with Crippen molar-refractivity contribution in [2.75, 3.05) is 0 Å². The topological polar surface area (TPSA) is 112 Å². The third-order valence-electron chi connectivity index (χ3n) is 5.43. The molecular formula is C20H17N9OS. The molecule has 31 heavy (non-hydrogen) atoms. The van der Waals surface area contributed by atoms with Gasteiger partial charge in [0.2, 0.25) is 0 Å². The van der Waals surface area contributed by atoms with Crippen LogP contribution in [-0.2, 0) is 27.1 Å². The summed E-state index contributed by atoms with van der Waals surface area (Å²) in [6, 6.07) is 5.79. The second kappa shape index (κ2) is 6.57. The van der Waals surface area contributed by atoms with Crippen LogP contribution < -0.4 is 5.56 Å². The molecule has 1 N–H and O–H groups in total. The van der Waals surface area contributed by atoms with E-state index in [1.54, 1.807) is 34.6 Å². The van der Waals surface area contributed by atoms with Crippen molar-refractivity contribution in [2.24, 2.45) is 14.1 Å². The van der Waals surface area contributed by atoms with E-state index < -0.39 is 0 Å². The molecule has 0 atom stereocenters. The highest BCUT2D eigenvalue weighted by Crippen LogP contribution is 2.31. The van der Waals surface area contributed by atoms with Crippen LogP contribution in [-0.4, -0.2) is 44.3 Å². The third kappa shape index (κ3) is 2.77. The second-order valence-corrected chi connectivity index (χ2v) is 8.49. The van der Waals surface area contributed by atoms with Gasteiger partial charge in [0, 0.05) is 32.1 Å². The first-order valence-electron chi connectivity index (χ1n) is 9.68. The van der Waals surface area contributed by atoms with Gasteiger partial charge in [-0.05, 0) is 18.2 Å². The molecule has 6 rings (SSSR count). The number of rotatable bonds is 4. The van der Waals surface area contributed by atoms with Crippen molar-refractivity contribution in [3.63, 3.8) is 0 Å². The summed E-state index contributed by atoms with van der Waals surface area (Å²) in [7, 11) is 3.74. The summed E-state index contributed by atoms with van der Waals surface area (Å²) in [4.78, 5) is 22.6. The van der Waals surface area contributed by atoms with Gasteiger partial charge < -0.3 is 4.57 Å². The van der Waals surface area contributed by atoms with Crippen molar-refractivity contribution in [3.8, 4) is 0 Å². The van der Waals surface area contributed by atoms with E-state index in [0.717, 1.165) is 43.2 Å². The number of nitrogens with zero attached hydrogens (tertiary/aromatic N) is 8. The zero-order valence-electron chi connectivity index (χ0n) is 16.8. The normalized spacial score (nSPS) is 11.9. The van der Waals surface area contributed by atoms with Gasteiger partial charge in [0.25, 0.3) is 5.56 Å². The molecule has 6 heterocycles. The molecule has 11 heteroatoms. The van der Waals surface area contributed by atoms with E-state index in [0.29, 0.717) is 11.9 Å². The van der Waals surface area contributed by atoms with Crippen LogP contribution in [0.3, 0.4) is 0 Å². The lowest BCUT2D eigenvalue weighted by Crippen LogP contribution is -2.25. The summed E-state index contributed by atoms with van der Waals surface area (Å²) in [5.41, 5.74) is 4.65. The molecule has 0 saturated carbocycles. The fourth-order valence-electron chi connectivity index (χ4n) is 3.89. The van der Waals surface area contributed by atoms with Crippen molar-refractivity contribution in [2.45, 2.75) is 13.0 Å². The molecule has 6 aromatic heterocycles. The van der Waals surface area contributed by atoms with Gasteiger partial charge in [-0.25, -0.2) is 14.6 Å². The van der Waals surface area contributed by atoms with Gasteiger partial charge in [0.05, 0.1) is 40.5 Å². The number of hydrogen-bond acceptors (Lipinski definition) is 7. The Morgan fingerprint density at radius 2 is 1.97 bits per heavy atom. The molecule has 0 bridgehead atoms. The minimum atomic E-state index is -0.160. The fourth-order valence-corrected chi connectivity index (χ4v) is 5.01. The fraction of sp³-hybridized carbons (Fsp3) is 0.200. The highest BCUT2D eigenvalue weighted by atomic mass is 32.1. The van der Waals surface area contributed by atoms with Gasteiger partial charge in [-0.15, -0.1) is 11.3 Å². The predicted molar refractivity (Wildman–Crippen MR) is 117 cm³/mol. The minimum absolute atomic E-state index is 0.160. The lowest BCUT2D eigenvalue weighted by molar-refractivity contribution is 0.634. The molecule has 0 saturated heterocycles. The van der Waals surface area contributed by atoms with Crippen LogP contribution in [0.5, 0.6) is 0 Å². The highest BCUT2D eigenvalue weighted by Gasteiger charge is 2.19. The van der Waals surface area contributed by atoms with E-state index in [1.807, 2.05) is 36.9 Å². The van der Waals surface area contributed by atoms with Gasteiger partial charge in [-0.1, -0.05) is 0 Å². The van der Waals surface area contributed by atoms with Crippen molar-refractivity contribution >= 4 is 43.6 Å². The minimum Gasteiger partial charge on any atom is -0.323 e. The highest BCUT2D eigenvalue weighted by molar-refractivity contribution is 7.19. The summed E-state index contributed by atoms with van der Waals surface area (Å²) in [6.45, 7) is 0.288. The van der Waals surface area contributed by atoms with Gasteiger partial charge in [-0.2, -0.15) is 15.3 Å². The van der Waals surface area contributed by atoms with E-state index in [4.69, 9.17) is 4.98 Å². The van der Waals surface area contributed by atoms with E-state index in [9.17, 15) is 4.79 Å². The number of aromatic amines is 1. The Morgan fingerprint density at radius 3 is 2.81 bits per heavy atom. The van der Waals surface area contributed by atoms with Crippen molar-refractivity contribution in [1.29, 1.82) is 0 Å². The molecule has 6 aromatic rings. The number of hydrogen-bond donors (Lipinski definition) is 1. The lowest BCUT2D eigenvalue weighted by atomic mass is 10.3. The average molecular weight is 431 g/mol. The Balaban J connectivity index is 1.41. The van der Waals surface area contributed by atoms with Crippen molar-refractivity contribution in [3.05, 3.63) is 63.5 Å². The summed E-state index contributed by atoms with van der Waals surface area (Å²) in [5, 5.41) is 17.4. The standard InChI is InChI=1S/C20H17N9OS/c1-27-17-13(18-19(27)25-16(31-18)7-11-5-6-21-26-11)8-23-29(20(17)30)10-12-3-4-15-14(24-12)9-22-28(15)2/h3-6,8-9H,7,10H2,1-2H3,(H,21,26). The Labute approximate surface area is 178 Å². The monoisotopic (exact) mass is 431 g/mol. The molecule has 0 amide bonds. The molecule has 0 unspecified atom stereocenters. The molecule has 0 spiro atoms. The Kier molecular flexibility index (Phi) is 3.81. The van der Waals surface area contributed by atoms with Gasteiger partial charge in [0.1, 0.15) is 16.0 Å². The van der Waals surface area contributed by atoms with Crippen molar-refractivity contribution < 1.29 is 0 Å². The van der Waals surface area contributed by atoms with E-state index >= 15 is 0 Å². The molecule has 154 valence electrons. The molecule has 0 fully saturated rings. The largest absolute Gasteiger partial charge is 0.323 e. The quantitative estimate of drug-likeness (QED) is 0.457. The third-order valence-corrected chi connectivity index (χ3v) is 6.51. The number of aromatic nitrogens is 9. The van der Waals surface area contributed by atoms with Gasteiger partial charge >= 0.3 is 0 Å². The average Bonchev–Trinajstić information content (AvgIpc) is 3.53.